The molecule has 1 atom stereocenters. The van der Waals surface area contributed by atoms with Crippen LogP contribution in [0.5, 0.6) is 5.75 Å². The van der Waals surface area contributed by atoms with Gasteiger partial charge in [-0.25, -0.2) is 4.39 Å². The van der Waals surface area contributed by atoms with Crippen LogP contribution in [-0.2, 0) is 0 Å². The van der Waals surface area contributed by atoms with Gasteiger partial charge in [0.05, 0.1) is 17.5 Å². The Morgan fingerprint density at radius 1 is 1.21 bits per heavy atom. The van der Waals surface area contributed by atoms with E-state index in [-0.39, 0.29) is 5.82 Å². The van der Waals surface area contributed by atoms with Crippen molar-refractivity contribution in [1.82, 2.24) is 0 Å². The van der Waals surface area contributed by atoms with Gasteiger partial charge in [0.1, 0.15) is 11.6 Å². The molecule has 100 valence electrons. The fourth-order valence-electron chi connectivity index (χ4n) is 1.75. The fourth-order valence-corrected chi connectivity index (χ4v) is 2.49. The van der Waals surface area contributed by atoms with Gasteiger partial charge in [-0.1, -0.05) is 17.7 Å². The lowest BCUT2D eigenvalue weighted by molar-refractivity contribution is 0.409. The minimum absolute atomic E-state index is 0.357. The smallest absolute Gasteiger partial charge is 0.124 e. The van der Waals surface area contributed by atoms with Crippen LogP contribution in [0.4, 0.5) is 4.39 Å². The molecule has 0 N–H and O–H groups in total. The highest BCUT2D eigenvalue weighted by atomic mass is 79.9. The van der Waals surface area contributed by atoms with Crippen molar-refractivity contribution in [2.75, 3.05) is 7.11 Å². The Labute approximate surface area is 129 Å². The Balaban J connectivity index is 2.45. The molecule has 2 aromatic carbocycles. The number of halogens is 4. The summed E-state index contributed by atoms with van der Waals surface area (Å²) in [5.41, 5.74) is 1.35. The molecule has 0 radical (unpaired) electrons. The second-order valence-electron chi connectivity index (χ2n) is 3.92. The van der Waals surface area contributed by atoms with Crippen LogP contribution >= 0.6 is 39.1 Å². The van der Waals surface area contributed by atoms with E-state index in [9.17, 15) is 4.39 Å². The lowest BCUT2D eigenvalue weighted by atomic mass is 10.0. The molecular weight excluding hydrogens is 354 g/mol. The molecule has 0 aliphatic heterocycles. The largest absolute Gasteiger partial charge is 0.496 e. The monoisotopic (exact) mass is 362 g/mol. The summed E-state index contributed by atoms with van der Waals surface area (Å²) in [6.07, 6.45) is 0. The van der Waals surface area contributed by atoms with Crippen LogP contribution in [0, 0.1) is 5.82 Å². The first-order valence-corrected chi connectivity index (χ1v) is 7.06. The van der Waals surface area contributed by atoms with Gasteiger partial charge in [0.2, 0.25) is 0 Å². The van der Waals surface area contributed by atoms with Gasteiger partial charge in [-0.2, -0.15) is 0 Å². The molecule has 2 rings (SSSR count). The lowest BCUT2D eigenvalue weighted by Gasteiger charge is -2.15. The molecule has 0 saturated carbocycles. The van der Waals surface area contributed by atoms with E-state index in [1.54, 1.807) is 18.2 Å². The topological polar surface area (TPSA) is 9.23 Å². The van der Waals surface area contributed by atoms with E-state index in [0.29, 0.717) is 16.3 Å². The lowest BCUT2D eigenvalue weighted by Crippen LogP contribution is -1.98. The molecule has 1 nitrogen and oxygen atoms in total. The Kier molecular flexibility index (Phi) is 4.71. The van der Waals surface area contributed by atoms with Crippen LogP contribution in [0.15, 0.2) is 40.9 Å². The van der Waals surface area contributed by atoms with Crippen LogP contribution in [0.2, 0.25) is 5.02 Å². The predicted molar refractivity (Wildman–Crippen MR) is 79.8 cm³/mol. The maximum atomic E-state index is 13.4. The standard InChI is InChI=1S/C14H10BrCl2FO/c1-19-13-5-3-9(18)7-10(13)14(17)8-2-4-11(15)12(16)6-8/h2-7,14H,1H3. The first-order valence-electron chi connectivity index (χ1n) is 5.45. The fraction of sp³-hybridized carbons (Fsp3) is 0.143. The number of benzene rings is 2. The molecule has 1 unspecified atom stereocenters. The molecule has 5 heteroatoms. The summed E-state index contributed by atoms with van der Waals surface area (Å²) in [6, 6.07) is 9.64. The Morgan fingerprint density at radius 3 is 2.58 bits per heavy atom. The Morgan fingerprint density at radius 2 is 1.95 bits per heavy atom. The highest BCUT2D eigenvalue weighted by Crippen LogP contribution is 2.37. The molecule has 0 spiro atoms. The van der Waals surface area contributed by atoms with Crippen LogP contribution in [-0.4, -0.2) is 7.11 Å². The van der Waals surface area contributed by atoms with E-state index >= 15 is 0 Å². The van der Waals surface area contributed by atoms with Gasteiger partial charge in [0, 0.05) is 10.0 Å². The highest BCUT2D eigenvalue weighted by Gasteiger charge is 2.17. The second kappa shape index (κ2) is 6.12. The summed E-state index contributed by atoms with van der Waals surface area (Å²) in [4.78, 5) is 0. The summed E-state index contributed by atoms with van der Waals surface area (Å²) >= 11 is 15.7. The number of methoxy groups -OCH3 is 1. The van der Waals surface area contributed by atoms with Crippen molar-refractivity contribution in [1.29, 1.82) is 0 Å². The van der Waals surface area contributed by atoms with Crippen molar-refractivity contribution in [3.05, 3.63) is 62.8 Å². The van der Waals surface area contributed by atoms with E-state index in [4.69, 9.17) is 27.9 Å². The molecule has 0 aliphatic rings. The van der Waals surface area contributed by atoms with Crippen LogP contribution in [0.3, 0.4) is 0 Å². The van der Waals surface area contributed by atoms with Crippen LogP contribution in [0.25, 0.3) is 0 Å². The Bertz CT molecular complexity index is 604. The summed E-state index contributed by atoms with van der Waals surface area (Å²) in [5.74, 6) is 0.185. The average molecular weight is 364 g/mol. The van der Waals surface area contributed by atoms with Gasteiger partial charge in [0.25, 0.3) is 0 Å². The summed E-state index contributed by atoms with van der Waals surface area (Å²) in [5, 5.41) is 0.0229. The molecule has 0 aliphatic carbocycles. The molecule has 0 aromatic heterocycles. The SMILES string of the molecule is COc1ccc(F)cc1C(Cl)c1ccc(Br)c(Cl)c1. The highest BCUT2D eigenvalue weighted by molar-refractivity contribution is 9.10. The first kappa shape index (κ1) is 14.6. The van der Waals surface area contributed by atoms with Crippen molar-refractivity contribution in [3.8, 4) is 5.75 Å². The molecule has 0 fully saturated rings. The number of alkyl halides is 1. The summed E-state index contributed by atoms with van der Waals surface area (Å²) in [6.45, 7) is 0. The number of ether oxygens (including phenoxy) is 1. The zero-order valence-electron chi connectivity index (χ0n) is 9.96. The van der Waals surface area contributed by atoms with E-state index in [1.807, 2.05) is 6.07 Å². The third-order valence-corrected chi connectivity index (χ3v) is 4.42. The summed E-state index contributed by atoms with van der Waals surface area (Å²) < 4.78 is 19.3. The third-order valence-electron chi connectivity index (χ3n) is 2.70. The van der Waals surface area contributed by atoms with Crippen molar-refractivity contribution in [2.24, 2.45) is 0 Å². The Hall–Kier alpha value is -0.770. The van der Waals surface area contributed by atoms with Crippen molar-refractivity contribution < 1.29 is 9.13 Å². The minimum atomic E-state index is -0.531. The van der Waals surface area contributed by atoms with Gasteiger partial charge in [0.15, 0.2) is 0 Å². The molecule has 19 heavy (non-hydrogen) atoms. The van der Waals surface area contributed by atoms with Gasteiger partial charge in [-0.3, -0.25) is 0 Å². The van der Waals surface area contributed by atoms with E-state index in [1.165, 1.54) is 19.2 Å². The molecule has 0 saturated heterocycles. The molecule has 0 amide bonds. The molecule has 2 aromatic rings. The van der Waals surface area contributed by atoms with E-state index < -0.39 is 5.38 Å². The van der Waals surface area contributed by atoms with Gasteiger partial charge < -0.3 is 4.74 Å². The quantitative estimate of drug-likeness (QED) is 0.647. The summed E-state index contributed by atoms with van der Waals surface area (Å²) in [7, 11) is 1.52. The van der Waals surface area contributed by atoms with Gasteiger partial charge in [-0.15, -0.1) is 11.6 Å². The van der Waals surface area contributed by atoms with E-state index in [2.05, 4.69) is 15.9 Å². The zero-order valence-corrected chi connectivity index (χ0v) is 13.1. The minimum Gasteiger partial charge on any atom is -0.496 e. The van der Waals surface area contributed by atoms with Gasteiger partial charge in [-0.05, 0) is 51.8 Å². The predicted octanol–water partition coefficient (Wildman–Crippen LogP) is 5.58. The molecule has 0 heterocycles. The maximum absolute atomic E-state index is 13.4. The number of hydrogen-bond donors (Lipinski definition) is 0. The van der Waals surface area contributed by atoms with E-state index in [0.717, 1.165) is 10.0 Å². The zero-order chi connectivity index (χ0) is 14.0. The average Bonchev–Trinajstić information content (AvgIpc) is 2.41. The second-order valence-corrected chi connectivity index (χ2v) is 5.62. The van der Waals surface area contributed by atoms with Crippen molar-refractivity contribution in [2.45, 2.75) is 5.38 Å². The van der Waals surface area contributed by atoms with Crippen LogP contribution in [0.1, 0.15) is 16.5 Å². The third kappa shape index (κ3) is 3.22. The molecular formula is C14H10BrCl2FO. The van der Waals surface area contributed by atoms with Crippen molar-refractivity contribution in [3.63, 3.8) is 0 Å². The van der Waals surface area contributed by atoms with Crippen molar-refractivity contribution >= 4 is 39.1 Å². The normalized spacial score (nSPS) is 12.3. The number of rotatable bonds is 3. The maximum Gasteiger partial charge on any atom is 0.124 e. The van der Waals surface area contributed by atoms with Gasteiger partial charge >= 0.3 is 0 Å². The first-order chi connectivity index (χ1) is 9.02. The van der Waals surface area contributed by atoms with Crippen LogP contribution < -0.4 is 4.74 Å². The number of hydrogen-bond acceptors (Lipinski definition) is 1. The molecule has 0 bridgehead atoms.